The van der Waals surface area contributed by atoms with Crippen LogP contribution >= 0.6 is 23.1 Å². The molecule has 3 rings (SSSR count). The van der Waals surface area contributed by atoms with E-state index in [1.165, 1.54) is 11.3 Å². The number of hydrogen-bond acceptors (Lipinski definition) is 6. The molecule has 0 unspecified atom stereocenters. The lowest BCUT2D eigenvalue weighted by Gasteiger charge is -2.08. The minimum absolute atomic E-state index is 0.0575. The minimum Gasteiger partial charge on any atom is -0.478 e. The van der Waals surface area contributed by atoms with Crippen LogP contribution in [-0.2, 0) is 16.0 Å². The van der Waals surface area contributed by atoms with Gasteiger partial charge < -0.3 is 10.2 Å². The van der Waals surface area contributed by atoms with Crippen LogP contribution in [0.2, 0.25) is 0 Å². The molecule has 0 saturated heterocycles. The predicted molar refractivity (Wildman–Crippen MR) is 87.6 cm³/mol. The first-order valence-corrected chi connectivity index (χ1v) is 8.12. The van der Waals surface area contributed by atoms with E-state index in [9.17, 15) is 19.8 Å². The molecule has 0 amide bonds. The van der Waals surface area contributed by atoms with Crippen molar-refractivity contribution in [3.05, 3.63) is 51.7 Å². The summed E-state index contributed by atoms with van der Waals surface area (Å²) in [6, 6.07) is 8.33. The number of aromatic nitrogens is 2. The zero-order valence-electron chi connectivity index (χ0n) is 11.6. The van der Waals surface area contributed by atoms with Crippen LogP contribution in [0.3, 0.4) is 0 Å². The number of aliphatic carboxylic acids is 2. The van der Waals surface area contributed by atoms with Crippen molar-refractivity contribution in [2.45, 2.75) is 6.42 Å². The number of thiophene rings is 1. The summed E-state index contributed by atoms with van der Waals surface area (Å²) in [5, 5.41) is 20.9. The van der Waals surface area contributed by atoms with Crippen molar-refractivity contribution in [3.63, 3.8) is 0 Å². The summed E-state index contributed by atoms with van der Waals surface area (Å²) >= 11 is 2.41. The molecule has 1 aromatic carbocycles. The van der Waals surface area contributed by atoms with E-state index in [1.54, 1.807) is 30.3 Å². The van der Waals surface area contributed by atoms with Crippen LogP contribution in [0.5, 0.6) is 0 Å². The maximum atomic E-state index is 11.7. The number of benzene rings is 1. The monoisotopic (exact) mass is 346 g/mol. The lowest BCUT2D eigenvalue weighted by Crippen LogP contribution is -2.12. The van der Waals surface area contributed by atoms with Gasteiger partial charge in [0.2, 0.25) is 0 Å². The second-order valence-electron chi connectivity index (χ2n) is 4.69. The molecule has 0 radical (unpaired) electrons. The van der Waals surface area contributed by atoms with Gasteiger partial charge in [-0.15, -0.1) is 11.3 Å². The molecule has 8 heteroatoms. The standard InChI is InChI=1S/C15H10N2O4S2/c18-14(19)10(7-9-2-1-5-22-9)13(15(20)21)8-3-4-11-12(6-8)17-23-16-11/h1-6H,7H2,(H,18,19)(H,20,21). The summed E-state index contributed by atoms with van der Waals surface area (Å²) in [5.74, 6) is -2.52. The van der Waals surface area contributed by atoms with Gasteiger partial charge >= 0.3 is 11.9 Å². The van der Waals surface area contributed by atoms with Gasteiger partial charge in [-0.3, -0.25) is 0 Å². The second kappa shape index (κ2) is 6.27. The Bertz CT molecular complexity index is 913. The third-order valence-electron chi connectivity index (χ3n) is 3.25. The predicted octanol–water partition coefficient (Wildman–Crippen LogP) is 2.92. The molecule has 0 fully saturated rings. The molecule has 116 valence electrons. The Morgan fingerprint density at radius 1 is 1.04 bits per heavy atom. The minimum atomic E-state index is -1.28. The summed E-state index contributed by atoms with van der Waals surface area (Å²) in [6.45, 7) is 0. The number of nitrogens with zero attached hydrogens (tertiary/aromatic N) is 2. The molecular formula is C15H10N2O4S2. The van der Waals surface area contributed by atoms with Crippen LogP contribution in [0, 0.1) is 0 Å². The zero-order chi connectivity index (χ0) is 16.4. The third-order valence-corrected chi connectivity index (χ3v) is 4.68. The Kier molecular flexibility index (Phi) is 4.18. The van der Waals surface area contributed by atoms with E-state index < -0.39 is 11.9 Å². The molecule has 0 saturated carbocycles. The molecule has 23 heavy (non-hydrogen) atoms. The highest BCUT2D eigenvalue weighted by molar-refractivity contribution is 7.09. The molecule has 2 N–H and O–H groups in total. The van der Waals surface area contributed by atoms with Gasteiger partial charge in [0.15, 0.2) is 0 Å². The zero-order valence-corrected chi connectivity index (χ0v) is 13.2. The highest BCUT2D eigenvalue weighted by atomic mass is 32.1. The normalized spacial score (nSPS) is 12.2. The lowest BCUT2D eigenvalue weighted by molar-refractivity contribution is -0.134. The fraction of sp³-hybridized carbons (Fsp3) is 0.0667. The van der Waals surface area contributed by atoms with Crippen molar-refractivity contribution in [2.75, 3.05) is 0 Å². The number of carboxylic acid groups (broad SMARTS) is 2. The highest BCUT2D eigenvalue weighted by Crippen LogP contribution is 2.26. The van der Waals surface area contributed by atoms with Gasteiger partial charge in [-0.25, -0.2) is 9.59 Å². The van der Waals surface area contributed by atoms with Gasteiger partial charge in [0, 0.05) is 11.3 Å². The van der Waals surface area contributed by atoms with E-state index >= 15 is 0 Å². The van der Waals surface area contributed by atoms with Crippen LogP contribution in [0.4, 0.5) is 0 Å². The van der Waals surface area contributed by atoms with Crippen molar-refractivity contribution in [3.8, 4) is 0 Å². The Balaban J connectivity index is 2.16. The molecular weight excluding hydrogens is 336 g/mol. The van der Waals surface area contributed by atoms with Crippen LogP contribution in [-0.4, -0.2) is 30.9 Å². The van der Waals surface area contributed by atoms with Crippen molar-refractivity contribution >= 4 is 51.6 Å². The molecule has 2 aromatic heterocycles. The smallest absolute Gasteiger partial charge is 0.336 e. The van der Waals surface area contributed by atoms with Crippen molar-refractivity contribution < 1.29 is 19.8 Å². The molecule has 0 spiro atoms. The van der Waals surface area contributed by atoms with Crippen LogP contribution in [0.25, 0.3) is 16.6 Å². The first kappa shape index (κ1) is 15.3. The average Bonchev–Trinajstić information content (AvgIpc) is 3.16. The summed E-state index contributed by atoms with van der Waals surface area (Å²) in [5.41, 5.74) is 1.14. The Labute approximate surface area is 138 Å². The number of rotatable bonds is 5. The topological polar surface area (TPSA) is 100 Å². The summed E-state index contributed by atoms with van der Waals surface area (Å²) in [7, 11) is 0. The first-order valence-electron chi connectivity index (χ1n) is 6.51. The molecule has 0 atom stereocenters. The van der Waals surface area contributed by atoms with Gasteiger partial charge in [0.25, 0.3) is 0 Å². The lowest BCUT2D eigenvalue weighted by atomic mass is 9.97. The number of carbonyl (C=O) groups is 2. The van der Waals surface area contributed by atoms with Crippen LogP contribution in [0.1, 0.15) is 10.4 Å². The molecule has 2 heterocycles. The molecule has 0 aliphatic rings. The SMILES string of the molecule is O=C(O)C(Cc1cccs1)=C(C(=O)O)c1ccc2nsnc2c1. The Morgan fingerprint density at radius 3 is 2.48 bits per heavy atom. The molecule has 3 aromatic rings. The van der Waals surface area contributed by atoms with Crippen molar-refractivity contribution in [1.29, 1.82) is 0 Å². The highest BCUT2D eigenvalue weighted by Gasteiger charge is 2.23. The van der Waals surface area contributed by atoms with Gasteiger partial charge in [0.05, 0.1) is 22.9 Å². The van der Waals surface area contributed by atoms with E-state index in [0.29, 0.717) is 16.6 Å². The molecule has 0 aliphatic heterocycles. The quantitative estimate of drug-likeness (QED) is 0.689. The first-order chi connectivity index (χ1) is 11.1. The van der Waals surface area contributed by atoms with E-state index in [-0.39, 0.29) is 17.6 Å². The van der Waals surface area contributed by atoms with E-state index in [4.69, 9.17) is 0 Å². The number of fused-ring (bicyclic) bond motifs is 1. The summed E-state index contributed by atoms with van der Waals surface area (Å²) in [6.07, 6.45) is 0.0575. The van der Waals surface area contributed by atoms with Gasteiger partial charge in [-0.1, -0.05) is 12.1 Å². The molecule has 0 aliphatic carbocycles. The van der Waals surface area contributed by atoms with Gasteiger partial charge in [-0.05, 0) is 29.1 Å². The van der Waals surface area contributed by atoms with E-state index in [0.717, 1.165) is 16.6 Å². The Hall–Kier alpha value is -2.58. The summed E-state index contributed by atoms with van der Waals surface area (Å²) in [4.78, 5) is 24.1. The largest absolute Gasteiger partial charge is 0.478 e. The second-order valence-corrected chi connectivity index (χ2v) is 6.25. The van der Waals surface area contributed by atoms with Gasteiger partial charge in [-0.2, -0.15) is 8.75 Å². The summed E-state index contributed by atoms with van der Waals surface area (Å²) < 4.78 is 8.13. The van der Waals surface area contributed by atoms with E-state index in [1.807, 2.05) is 5.38 Å². The molecule has 0 bridgehead atoms. The van der Waals surface area contributed by atoms with E-state index in [2.05, 4.69) is 8.75 Å². The maximum absolute atomic E-state index is 11.7. The van der Waals surface area contributed by atoms with Crippen LogP contribution in [0.15, 0.2) is 41.3 Å². The van der Waals surface area contributed by atoms with Gasteiger partial charge in [0.1, 0.15) is 11.0 Å². The van der Waals surface area contributed by atoms with Crippen LogP contribution < -0.4 is 0 Å². The maximum Gasteiger partial charge on any atom is 0.336 e. The third kappa shape index (κ3) is 3.13. The Morgan fingerprint density at radius 2 is 1.83 bits per heavy atom. The fourth-order valence-electron chi connectivity index (χ4n) is 2.22. The number of hydrogen-bond donors (Lipinski definition) is 2. The molecule has 6 nitrogen and oxygen atoms in total. The average molecular weight is 346 g/mol. The van der Waals surface area contributed by atoms with Crippen molar-refractivity contribution in [1.82, 2.24) is 8.75 Å². The van der Waals surface area contributed by atoms with Crippen molar-refractivity contribution in [2.24, 2.45) is 0 Å². The fourth-order valence-corrected chi connectivity index (χ4v) is 3.46. The number of carboxylic acids is 2.